The maximum absolute atomic E-state index is 12.4. The minimum atomic E-state index is -3.74. The van der Waals surface area contributed by atoms with Gasteiger partial charge in [-0.25, -0.2) is 13.1 Å². The molecule has 24 heavy (non-hydrogen) atoms. The highest BCUT2D eigenvalue weighted by atomic mass is 35.5. The lowest BCUT2D eigenvalue weighted by molar-refractivity contribution is -0.140. The van der Waals surface area contributed by atoms with E-state index >= 15 is 0 Å². The van der Waals surface area contributed by atoms with Crippen molar-refractivity contribution in [3.63, 3.8) is 0 Å². The Morgan fingerprint density at radius 1 is 1.33 bits per heavy atom. The second-order valence-corrected chi connectivity index (χ2v) is 7.59. The molecule has 0 radical (unpaired) electrons. The Balaban J connectivity index is 3.05. The van der Waals surface area contributed by atoms with Crippen LogP contribution in [-0.4, -0.2) is 51.9 Å². The van der Waals surface area contributed by atoms with E-state index in [0.717, 1.165) is 0 Å². The Morgan fingerprint density at radius 3 is 2.50 bits per heavy atom. The molecule has 0 aliphatic heterocycles. The SMILES string of the molecule is COC(=O)CCN(C)C(=O)c1cc(S(=O)(=O)NC(C)C)ccc1Cl. The molecule has 9 heteroatoms. The van der Waals surface area contributed by atoms with Gasteiger partial charge in [0.25, 0.3) is 5.91 Å². The van der Waals surface area contributed by atoms with Crippen molar-refractivity contribution < 1.29 is 22.7 Å². The fourth-order valence-corrected chi connectivity index (χ4v) is 3.36. The van der Waals surface area contributed by atoms with Crippen LogP contribution in [0.5, 0.6) is 0 Å². The van der Waals surface area contributed by atoms with Gasteiger partial charge in [0.05, 0.1) is 29.0 Å². The number of nitrogens with one attached hydrogen (secondary N) is 1. The number of hydrogen-bond acceptors (Lipinski definition) is 5. The summed E-state index contributed by atoms with van der Waals surface area (Å²) in [6, 6.07) is 3.63. The lowest BCUT2D eigenvalue weighted by Crippen LogP contribution is -2.31. The Hall–Kier alpha value is -1.64. The second kappa shape index (κ2) is 8.46. The molecule has 1 N–H and O–H groups in total. The molecule has 1 aromatic carbocycles. The van der Waals surface area contributed by atoms with E-state index in [9.17, 15) is 18.0 Å². The van der Waals surface area contributed by atoms with Crippen molar-refractivity contribution in [2.45, 2.75) is 31.2 Å². The summed E-state index contributed by atoms with van der Waals surface area (Å²) in [5, 5.41) is 0.133. The van der Waals surface area contributed by atoms with Gasteiger partial charge in [-0.3, -0.25) is 9.59 Å². The van der Waals surface area contributed by atoms with E-state index in [1.54, 1.807) is 13.8 Å². The van der Waals surface area contributed by atoms with Crippen LogP contribution in [0.25, 0.3) is 0 Å². The molecule has 0 aliphatic carbocycles. The van der Waals surface area contributed by atoms with Crippen molar-refractivity contribution in [3.8, 4) is 0 Å². The Bertz CT molecular complexity index is 719. The van der Waals surface area contributed by atoms with Gasteiger partial charge in [-0.1, -0.05) is 11.6 Å². The van der Waals surface area contributed by atoms with Crippen LogP contribution in [0.3, 0.4) is 0 Å². The topological polar surface area (TPSA) is 92.8 Å². The Morgan fingerprint density at radius 2 is 1.96 bits per heavy atom. The number of esters is 1. The number of halogens is 1. The zero-order valence-corrected chi connectivity index (χ0v) is 15.6. The van der Waals surface area contributed by atoms with Crippen LogP contribution in [0.2, 0.25) is 5.02 Å². The molecule has 0 bridgehead atoms. The molecule has 7 nitrogen and oxygen atoms in total. The number of ether oxygens (including phenoxy) is 1. The van der Waals surface area contributed by atoms with Crippen molar-refractivity contribution in [1.29, 1.82) is 0 Å². The molecule has 0 saturated heterocycles. The van der Waals surface area contributed by atoms with Crippen molar-refractivity contribution in [3.05, 3.63) is 28.8 Å². The maximum Gasteiger partial charge on any atom is 0.307 e. The second-order valence-electron chi connectivity index (χ2n) is 5.47. The smallest absolute Gasteiger partial charge is 0.307 e. The fourth-order valence-electron chi connectivity index (χ4n) is 1.88. The lowest BCUT2D eigenvalue weighted by atomic mass is 10.2. The summed E-state index contributed by atoms with van der Waals surface area (Å²) >= 11 is 6.03. The van der Waals surface area contributed by atoms with Crippen molar-refractivity contribution in [1.82, 2.24) is 9.62 Å². The minimum absolute atomic E-state index is 0.0310. The predicted molar refractivity (Wildman–Crippen MR) is 90.5 cm³/mol. The average Bonchev–Trinajstić information content (AvgIpc) is 2.50. The molecule has 134 valence electrons. The summed E-state index contributed by atoms with van der Waals surface area (Å²) in [6.45, 7) is 3.52. The van der Waals surface area contributed by atoms with Crippen LogP contribution in [0.15, 0.2) is 23.1 Å². The zero-order valence-electron chi connectivity index (χ0n) is 14.0. The van der Waals surface area contributed by atoms with Crippen LogP contribution in [-0.2, 0) is 19.6 Å². The summed E-state index contributed by atoms with van der Waals surface area (Å²) in [5.41, 5.74) is 0.0515. The monoisotopic (exact) mass is 376 g/mol. The molecule has 1 rings (SSSR count). The fraction of sp³-hybridized carbons (Fsp3) is 0.467. The Labute approximate surface area is 147 Å². The van der Waals surface area contributed by atoms with Gasteiger partial charge in [-0.2, -0.15) is 0 Å². The van der Waals surface area contributed by atoms with E-state index in [1.807, 2.05) is 0 Å². The first-order chi connectivity index (χ1) is 11.1. The third kappa shape index (κ3) is 5.47. The molecule has 0 saturated carbocycles. The summed E-state index contributed by atoms with van der Waals surface area (Å²) in [7, 11) is -0.985. The van der Waals surface area contributed by atoms with Gasteiger partial charge in [0.15, 0.2) is 0 Å². The Kier molecular flexibility index (Phi) is 7.19. The minimum Gasteiger partial charge on any atom is -0.469 e. The standard InChI is InChI=1S/C15H21ClN2O5S/c1-10(2)17-24(21,22)11-5-6-13(16)12(9-11)15(20)18(3)8-7-14(19)23-4/h5-6,9-10,17H,7-8H2,1-4H3. The first kappa shape index (κ1) is 20.4. The van der Waals surface area contributed by atoms with E-state index < -0.39 is 21.9 Å². The van der Waals surface area contributed by atoms with Gasteiger partial charge in [0, 0.05) is 19.6 Å². The highest BCUT2D eigenvalue weighted by molar-refractivity contribution is 7.89. The van der Waals surface area contributed by atoms with Gasteiger partial charge >= 0.3 is 5.97 Å². The van der Waals surface area contributed by atoms with Gasteiger partial charge in [0.2, 0.25) is 10.0 Å². The maximum atomic E-state index is 12.4. The molecular weight excluding hydrogens is 356 g/mol. The lowest BCUT2D eigenvalue weighted by Gasteiger charge is -2.18. The van der Waals surface area contributed by atoms with Crippen molar-refractivity contribution in [2.75, 3.05) is 20.7 Å². The molecule has 0 aromatic heterocycles. The molecule has 0 heterocycles. The number of methoxy groups -OCH3 is 1. The van der Waals surface area contributed by atoms with Crippen LogP contribution >= 0.6 is 11.6 Å². The summed E-state index contributed by atoms with van der Waals surface area (Å²) in [4.78, 5) is 24.8. The highest BCUT2D eigenvalue weighted by Crippen LogP contribution is 2.22. The quantitative estimate of drug-likeness (QED) is 0.730. The number of benzene rings is 1. The predicted octanol–water partition coefficient (Wildman–Crippen LogP) is 1.66. The van der Waals surface area contributed by atoms with Crippen LogP contribution in [0.4, 0.5) is 0 Å². The van der Waals surface area contributed by atoms with Gasteiger partial charge in [-0.05, 0) is 32.0 Å². The molecule has 0 unspecified atom stereocenters. The third-order valence-electron chi connectivity index (χ3n) is 3.10. The largest absolute Gasteiger partial charge is 0.469 e. The van der Waals surface area contributed by atoms with Crippen molar-refractivity contribution >= 4 is 33.5 Å². The van der Waals surface area contributed by atoms with E-state index in [-0.39, 0.29) is 34.5 Å². The van der Waals surface area contributed by atoms with Crippen LogP contribution < -0.4 is 4.72 Å². The molecule has 0 spiro atoms. The van der Waals surface area contributed by atoms with E-state index in [1.165, 1.54) is 37.3 Å². The van der Waals surface area contributed by atoms with E-state index in [4.69, 9.17) is 11.6 Å². The number of carbonyl (C=O) groups excluding carboxylic acids is 2. The molecule has 1 amide bonds. The summed E-state index contributed by atoms with van der Waals surface area (Å²) < 4.78 is 31.4. The summed E-state index contributed by atoms with van der Waals surface area (Å²) in [6.07, 6.45) is 0.0310. The third-order valence-corrected chi connectivity index (χ3v) is 5.08. The van der Waals surface area contributed by atoms with Gasteiger partial charge in [0.1, 0.15) is 0 Å². The number of rotatable bonds is 7. The first-order valence-corrected chi connectivity index (χ1v) is 9.08. The number of carbonyl (C=O) groups is 2. The normalized spacial score (nSPS) is 11.4. The number of nitrogens with zero attached hydrogens (tertiary/aromatic N) is 1. The molecule has 0 atom stereocenters. The number of sulfonamides is 1. The number of hydrogen-bond donors (Lipinski definition) is 1. The zero-order chi connectivity index (χ0) is 18.5. The first-order valence-electron chi connectivity index (χ1n) is 7.22. The molecule has 1 aromatic rings. The molecule has 0 fully saturated rings. The van der Waals surface area contributed by atoms with Crippen LogP contribution in [0, 0.1) is 0 Å². The van der Waals surface area contributed by atoms with E-state index in [0.29, 0.717) is 0 Å². The number of amides is 1. The van der Waals surface area contributed by atoms with Crippen LogP contribution in [0.1, 0.15) is 30.6 Å². The van der Waals surface area contributed by atoms with Crippen molar-refractivity contribution in [2.24, 2.45) is 0 Å². The summed E-state index contributed by atoms with van der Waals surface area (Å²) in [5.74, 6) is -0.927. The van der Waals surface area contributed by atoms with E-state index in [2.05, 4.69) is 9.46 Å². The van der Waals surface area contributed by atoms with Gasteiger partial charge in [-0.15, -0.1) is 0 Å². The highest BCUT2D eigenvalue weighted by Gasteiger charge is 2.21. The average molecular weight is 377 g/mol. The molecular formula is C15H21ClN2O5S. The molecule has 0 aliphatic rings. The van der Waals surface area contributed by atoms with Gasteiger partial charge < -0.3 is 9.64 Å².